The van der Waals surface area contributed by atoms with E-state index in [4.69, 9.17) is 4.74 Å². The van der Waals surface area contributed by atoms with Gasteiger partial charge >= 0.3 is 5.69 Å². The van der Waals surface area contributed by atoms with Crippen LogP contribution in [0.15, 0.2) is 47.5 Å². The minimum atomic E-state index is -0.314. The molecule has 0 radical (unpaired) electrons. The number of carbonyl (C=O) groups is 1. The average molecular weight is 258 g/mol. The number of carbonyl (C=O) groups excluding carboxylic acids is 1. The summed E-state index contributed by atoms with van der Waals surface area (Å²) in [5.41, 5.74) is 0.229. The smallest absolute Gasteiger partial charge is 0.347 e. The number of benzene rings is 1. The molecule has 0 amide bonds. The van der Waals surface area contributed by atoms with Gasteiger partial charge in [-0.1, -0.05) is 12.1 Å². The van der Waals surface area contributed by atoms with E-state index in [0.717, 1.165) is 0 Å². The van der Waals surface area contributed by atoms with E-state index in [2.05, 4.69) is 4.98 Å². The van der Waals surface area contributed by atoms with Crippen LogP contribution >= 0.6 is 0 Å². The first-order valence-corrected chi connectivity index (χ1v) is 5.92. The lowest BCUT2D eigenvalue weighted by atomic mass is 10.1. The minimum Gasteiger partial charge on any atom is -0.491 e. The Balaban J connectivity index is 2.02. The molecule has 1 heterocycles. The van der Waals surface area contributed by atoms with Gasteiger partial charge in [0.05, 0.1) is 12.1 Å². The van der Waals surface area contributed by atoms with Gasteiger partial charge < -0.3 is 4.74 Å². The largest absolute Gasteiger partial charge is 0.491 e. The molecule has 0 aliphatic carbocycles. The fourth-order valence-corrected chi connectivity index (χ4v) is 1.69. The molecule has 0 aliphatic heterocycles. The predicted octanol–water partition coefficient (Wildman–Crippen LogP) is 1.52. The summed E-state index contributed by atoms with van der Waals surface area (Å²) in [7, 11) is 0. The van der Waals surface area contributed by atoms with Crippen LogP contribution in [-0.2, 0) is 6.54 Å². The summed E-state index contributed by atoms with van der Waals surface area (Å²) in [5.74, 6) is 0.487. The highest BCUT2D eigenvalue weighted by Crippen LogP contribution is 2.18. The Morgan fingerprint density at radius 1 is 1.32 bits per heavy atom. The van der Waals surface area contributed by atoms with Gasteiger partial charge in [0.25, 0.3) is 0 Å². The molecular formula is C14H14N2O3. The maximum absolute atomic E-state index is 11.4. The highest BCUT2D eigenvalue weighted by molar-refractivity contribution is 5.96. The third kappa shape index (κ3) is 3.28. The molecule has 2 rings (SSSR count). The summed E-state index contributed by atoms with van der Waals surface area (Å²) < 4.78 is 7.00. The highest BCUT2D eigenvalue weighted by atomic mass is 16.5. The Kier molecular flexibility index (Phi) is 4.07. The molecule has 5 nitrogen and oxygen atoms in total. The SMILES string of the molecule is CC(=O)c1ccccc1OCCn1cccnc1=O. The van der Waals surface area contributed by atoms with E-state index in [1.807, 2.05) is 0 Å². The summed E-state index contributed by atoms with van der Waals surface area (Å²) >= 11 is 0. The Hall–Kier alpha value is -2.43. The molecule has 2 aromatic rings. The number of ether oxygens (including phenoxy) is 1. The number of aromatic nitrogens is 2. The summed E-state index contributed by atoms with van der Waals surface area (Å²) in [6.45, 7) is 2.18. The first-order valence-electron chi connectivity index (χ1n) is 5.92. The van der Waals surface area contributed by atoms with E-state index in [-0.39, 0.29) is 11.5 Å². The lowest BCUT2D eigenvalue weighted by Crippen LogP contribution is -2.24. The van der Waals surface area contributed by atoms with Gasteiger partial charge in [-0.15, -0.1) is 0 Å². The zero-order valence-electron chi connectivity index (χ0n) is 10.6. The van der Waals surface area contributed by atoms with E-state index < -0.39 is 0 Å². The quantitative estimate of drug-likeness (QED) is 0.763. The second-order valence-electron chi connectivity index (χ2n) is 4.00. The first-order chi connectivity index (χ1) is 9.18. The molecule has 0 unspecified atom stereocenters. The highest BCUT2D eigenvalue weighted by Gasteiger charge is 2.07. The lowest BCUT2D eigenvalue weighted by molar-refractivity contribution is 0.101. The van der Waals surface area contributed by atoms with Crippen molar-refractivity contribution in [3.05, 3.63) is 58.8 Å². The fourth-order valence-electron chi connectivity index (χ4n) is 1.69. The zero-order valence-corrected chi connectivity index (χ0v) is 10.6. The Morgan fingerprint density at radius 2 is 2.11 bits per heavy atom. The van der Waals surface area contributed by atoms with Crippen molar-refractivity contribution in [3.8, 4) is 5.75 Å². The van der Waals surface area contributed by atoms with Crippen molar-refractivity contribution in [2.75, 3.05) is 6.61 Å². The summed E-state index contributed by atoms with van der Waals surface area (Å²) in [6.07, 6.45) is 3.10. The van der Waals surface area contributed by atoms with E-state index >= 15 is 0 Å². The maximum atomic E-state index is 11.4. The molecule has 0 fully saturated rings. The number of hydrogen-bond donors (Lipinski definition) is 0. The number of para-hydroxylation sites is 1. The Labute approximate surface area is 110 Å². The lowest BCUT2D eigenvalue weighted by Gasteiger charge is -2.10. The van der Waals surface area contributed by atoms with Crippen LogP contribution in [0.3, 0.4) is 0 Å². The van der Waals surface area contributed by atoms with Gasteiger partial charge in [-0.2, -0.15) is 0 Å². The predicted molar refractivity (Wildman–Crippen MR) is 70.4 cm³/mol. The molecule has 0 atom stereocenters. The van der Waals surface area contributed by atoms with Crippen LogP contribution in [0.5, 0.6) is 5.75 Å². The second-order valence-corrected chi connectivity index (χ2v) is 4.00. The van der Waals surface area contributed by atoms with Crippen molar-refractivity contribution in [2.45, 2.75) is 13.5 Å². The molecule has 0 spiro atoms. The van der Waals surface area contributed by atoms with Crippen LogP contribution in [-0.4, -0.2) is 21.9 Å². The standard InChI is InChI=1S/C14H14N2O3/c1-11(17)12-5-2-3-6-13(12)19-10-9-16-8-4-7-15-14(16)18/h2-8H,9-10H2,1H3. The zero-order chi connectivity index (χ0) is 13.7. The van der Waals surface area contributed by atoms with Gasteiger partial charge in [0.2, 0.25) is 0 Å². The Bertz CT molecular complexity index is 634. The van der Waals surface area contributed by atoms with Crippen molar-refractivity contribution in [3.63, 3.8) is 0 Å². The van der Waals surface area contributed by atoms with Crippen molar-refractivity contribution in [2.24, 2.45) is 0 Å². The topological polar surface area (TPSA) is 61.2 Å². The van der Waals surface area contributed by atoms with Gasteiger partial charge in [0, 0.05) is 12.4 Å². The number of Topliss-reactive ketones (excluding diaryl/α,β-unsaturated/α-hetero) is 1. The van der Waals surface area contributed by atoms with Gasteiger partial charge in [0.1, 0.15) is 12.4 Å². The van der Waals surface area contributed by atoms with Crippen molar-refractivity contribution in [1.29, 1.82) is 0 Å². The molecule has 0 saturated heterocycles. The molecule has 1 aromatic carbocycles. The molecule has 1 aromatic heterocycles. The van der Waals surface area contributed by atoms with Crippen LogP contribution in [0.2, 0.25) is 0 Å². The van der Waals surface area contributed by atoms with Crippen molar-refractivity contribution >= 4 is 5.78 Å². The van der Waals surface area contributed by atoms with E-state index in [0.29, 0.717) is 24.5 Å². The summed E-state index contributed by atoms with van der Waals surface area (Å²) in [4.78, 5) is 26.4. The van der Waals surface area contributed by atoms with Gasteiger partial charge in [-0.05, 0) is 25.1 Å². The number of nitrogens with zero attached hydrogens (tertiary/aromatic N) is 2. The normalized spacial score (nSPS) is 10.2. The molecule has 5 heteroatoms. The molecule has 0 aliphatic rings. The molecule has 0 bridgehead atoms. The molecule has 0 saturated carbocycles. The number of ketones is 1. The maximum Gasteiger partial charge on any atom is 0.347 e. The Morgan fingerprint density at radius 3 is 2.84 bits per heavy atom. The molecular weight excluding hydrogens is 244 g/mol. The van der Waals surface area contributed by atoms with Crippen LogP contribution in [0.1, 0.15) is 17.3 Å². The first kappa shape index (κ1) is 13.0. The minimum absolute atomic E-state index is 0.0471. The summed E-state index contributed by atoms with van der Waals surface area (Å²) in [6, 6.07) is 8.73. The third-order valence-electron chi connectivity index (χ3n) is 2.64. The second kappa shape index (κ2) is 5.95. The third-order valence-corrected chi connectivity index (χ3v) is 2.64. The van der Waals surface area contributed by atoms with Gasteiger partial charge in [0.15, 0.2) is 5.78 Å². The van der Waals surface area contributed by atoms with E-state index in [9.17, 15) is 9.59 Å². The van der Waals surface area contributed by atoms with E-state index in [1.54, 1.807) is 36.5 Å². The van der Waals surface area contributed by atoms with Crippen LogP contribution in [0.4, 0.5) is 0 Å². The van der Waals surface area contributed by atoms with E-state index in [1.165, 1.54) is 17.7 Å². The fraction of sp³-hybridized carbons (Fsp3) is 0.214. The van der Waals surface area contributed by atoms with Crippen LogP contribution in [0.25, 0.3) is 0 Å². The van der Waals surface area contributed by atoms with Gasteiger partial charge in [-0.3, -0.25) is 9.36 Å². The molecule has 98 valence electrons. The summed E-state index contributed by atoms with van der Waals surface area (Å²) in [5, 5.41) is 0. The molecule has 19 heavy (non-hydrogen) atoms. The molecule has 0 N–H and O–H groups in total. The van der Waals surface area contributed by atoms with Crippen molar-refractivity contribution < 1.29 is 9.53 Å². The monoisotopic (exact) mass is 258 g/mol. The van der Waals surface area contributed by atoms with Crippen LogP contribution in [0, 0.1) is 0 Å². The average Bonchev–Trinajstić information content (AvgIpc) is 2.41. The van der Waals surface area contributed by atoms with Crippen LogP contribution < -0.4 is 10.4 Å². The van der Waals surface area contributed by atoms with Gasteiger partial charge in [-0.25, -0.2) is 9.78 Å². The van der Waals surface area contributed by atoms with Crippen molar-refractivity contribution in [1.82, 2.24) is 9.55 Å². The number of rotatable bonds is 5. The number of hydrogen-bond acceptors (Lipinski definition) is 4.